The van der Waals surface area contributed by atoms with Crippen LogP contribution >= 0.6 is 0 Å². The Morgan fingerprint density at radius 3 is 2.71 bits per heavy atom. The minimum atomic E-state index is -1.05. The smallest absolute Gasteiger partial charge is 0.354 e. The van der Waals surface area contributed by atoms with Gasteiger partial charge >= 0.3 is 5.97 Å². The van der Waals surface area contributed by atoms with Crippen molar-refractivity contribution in [3.05, 3.63) is 53.2 Å². The Morgan fingerprint density at radius 2 is 2.08 bits per heavy atom. The van der Waals surface area contributed by atoms with Crippen molar-refractivity contribution in [2.75, 3.05) is 5.32 Å². The van der Waals surface area contributed by atoms with Crippen molar-refractivity contribution in [3.8, 4) is 11.3 Å². The highest BCUT2D eigenvalue weighted by Gasteiger charge is 2.16. The summed E-state index contributed by atoms with van der Waals surface area (Å²) in [5.41, 5.74) is 2.22. The summed E-state index contributed by atoms with van der Waals surface area (Å²) in [4.78, 5) is 11.0. The fourth-order valence-electron chi connectivity index (χ4n) is 2.37. The number of carboxylic acids is 1. The van der Waals surface area contributed by atoms with Crippen molar-refractivity contribution in [1.82, 2.24) is 14.9 Å². The molecule has 0 bridgehead atoms. The van der Waals surface area contributed by atoms with Crippen molar-refractivity contribution >= 4 is 11.8 Å². The van der Waals surface area contributed by atoms with Gasteiger partial charge in [0.15, 0.2) is 0 Å². The Balaban J connectivity index is 1.83. The molecule has 2 N–H and O–H groups in total. The number of nitrogens with one attached hydrogen (secondary N) is 1. The summed E-state index contributed by atoms with van der Waals surface area (Å²) in [6.45, 7) is 2.12. The predicted molar refractivity (Wildman–Crippen MR) is 84.1 cm³/mol. The number of hydrogen-bond donors (Lipinski definition) is 2. The van der Waals surface area contributed by atoms with E-state index in [0.717, 1.165) is 11.1 Å². The summed E-state index contributed by atoms with van der Waals surface area (Å²) in [7, 11) is 1.56. The van der Waals surface area contributed by atoms with Crippen LogP contribution in [0.1, 0.15) is 21.8 Å². The Morgan fingerprint density at radius 1 is 1.38 bits per heavy atom. The van der Waals surface area contributed by atoms with Gasteiger partial charge in [0.2, 0.25) is 0 Å². The van der Waals surface area contributed by atoms with Crippen molar-refractivity contribution in [2.45, 2.75) is 13.5 Å². The number of nitrogens with zero attached hydrogens (tertiary/aromatic N) is 3. The van der Waals surface area contributed by atoms with Crippen LogP contribution in [-0.2, 0) is 13.6 Å². The first-order valence-electron chi connectivity index (χ1n) is 7.18. The molecule has 0 radical (unpaired) electrons. The third-order valence-electron chi connectivity index (χ3n) is 3.65. The van der Waals surface area contributed by atoms with E-state index in [1.54, 1.807) is 26.1 Å². The maximum Gasteiger partial charge on any atom is 0.354 e. The van der Waals surface area contributed by atoms with Gasteiger partial charge in [-0.25, -0.2) is 9.18 Å². The first-order chi connectivity index (χ1) is 11.5. The molecule has 0 atom stereocenters. The van der Waals surface area contributed by atoms with Crippen molar-refractivity contribution in [1.29, 1.82) is 0 Å². The molecule has 2 heterocycles. The molecule has 1 aromatic carbocycles. The number of aromatic carboxylic acids is 1. The van der Waals surface area contributed by atoms with Gasteiger partial charge in [0.25, 0.3) is 0 Å². The van der Waals surface area contributed by atoms with Gasteiger partial charge in [0, 0.05) is 30.8 Å². The average Bonchev–Trinajstić information content (AvgIpc) is 3.09. The summed E-state index contributed by atoms with van der Waals surface area (Å²) < 4.78 is 19.6. The zero-order valence-electron chi connectivity index (χ0n) is 13.1. The zero-order chi connectivity index (χ0) is 17.3. The number of benzene rings is 1. The van der Waals surface area contributed by atoms with Crippen molar-refractivity contribution in [3.63, 3.8) is 0 Å². The van der Waals surface area contributed by atoms with E-state index in [2.05, 4.69) is 15.6 Å². The minimum Gasteiger partial charge on any atom is -0.477 e. The van der Waals surface area contributed by atoms with Crippen LogP contribution in [0.2, 0.25) is 0 Å². The largest absolute Gasteiger partial charge is 0.477 e. The topological polar surface area (TPSA) is 93.2 Å². The second-order valence-electron chi connectivity index (χ2n) is 5.27. The first-order valence-corrected chi connectivity index (χ1v) is 7.18. The van der Waals surface area contributed by atoms with Gasteiger partial charge in [-0.05, 0) is 31.2 Å². The second-order valence-corrected chi connectivity index (χ2v) is 5.27. The average molecular weight is 330 g/mol. The van der Waals surface area contributed by atoms with Gasteiger partial charge in [-0.1, -0.05) is 5.16 Å². The third-order valence-corrected chi connectivity index (χ3v) is 3.65. The Bertz CT molecular complexity index is 883. The number of anilines is 1. The number of aromatic nitrogens is 3. The van der Waals surface area contributed by atoms with Crippen LogP contribution in [0.4, 0.5) is 10.2 Å². The summed E-state index contributed by atoms with van der Waals surface area (Å²) in [5, 5.41) is 20.2. The highest BCUT2D eigenvalue weighted by atomic mass is 19.1. The molecule has 0 unspecified atom stereocenters. The van der Waals surface area contributed by atoms with Crippen LogP contribution in [0.25, 0.3) is 11.3 Å². The van der Waals surface area contributed by atoms with E-state index >= 15 is 0 Å². The number of rotatable bonds is 5. The molecule has 124 valence electrons. The molecule has 0 saturated heterocycles. The maximum atomic E-state index is 13.1. The number of carbonyl (C=O) groups is 1. The molecule has 0 aliphatic heterocycles. The van der Waals surface area contributed by atoms with Crippen molar-refractivity contribution < 1.29 is 18.8 Å². The zero-order valence-corrected chi connectivity index (χ0v) is 13.1. The molecule has 0 aliphatic carbocycles. The minimum absolute atomic E-state index is 0.0818. The van der Waals surface area contributed by atoms with E-state index in [1.807, 2.05) is 0 Å². The lowest BCUT2D eigenvalue weighted by Gasteiger charge is -2.04. The molecular weight excluding hydrogens is 315 g/mol. The Kier molecular flexibility index (Phi) is 4.03. The van der Waals surface area contributed by atoms with Crippen LogP contribution in [0, 0.1) is 12.7 Å². The fraction of sp³-hybridized carbons (Fsp3) is 0.188. The molecule has 24 heavy (non-hydrogen) atoms. The molecule has 0 aliphatic rings. The first kappa shape index (κ1) is 15.7. The summed E-state index contributed by atoms with van der Waals surface area (Å²) in [6.07, 6.45) is 0. The van der Waals surface area contributed by atoms with Gasteiger partial charge in [-0.15, -0.1) is 0 Å². The quantitative estimate of drug-likeness (QED) is 0.747. The molecule has 0 amide bonds. The van der Waals surface area contributed by atoms with Gasteiger partial charge in [0.05, 0.1) is 0 Å². The Hall–Kier alpha value is -3.16. The van der Waals surface area contributed by atoms with Crippen LogP contribution < -0.4 is 5.32 Å². The van der Waals surface area contributed by atoms with Gasteiger partial charge in [0.1, 0.15) is 28.8 Å². The van der Waals surface area contributed by atoms with E-state index in [4.69, 9.17) is 9.63 Å². The fourth-order valence-corrected chi connectivity index (χ4v) is 2.37. The maximum absolute atomic E-state index is 13.1. The van der Waals surface area contributed by atoms with E-state index in [1.165, 1.54) is 22.9 Å². The van der Waals surface area contributed by atoms with Gasteiger partial charge < -0.3 is 14.9 Å². The number of halogens is 1. The van der Waals surface area contributed by atoms with E-state index < -0.39 is 5.97 Å². The van der Waals surface area contributed by atoms with Crippen LogP contribution in [0.15, 0.2) is 34.9 Å². The molecular formula is C16H15FN4O3. The lowest BCUT2D eigenvalue weighted by molar-refractivity contribution is 0.0685. The second kappa shape index (κ2) is 6.15. The predicted octanol–water partition coefficient (Wildman–Crippen LogP) is 2.83. The van der Waals surface area contributed by atoms with Gasteiger partial charge in [-0.3, -0.25) is 4.68 Å². The third kappa shape index (κ3) is 2.98. The van der Waals surface area contributed by atoms with Crippen LogP contribution in [0.5, 0.6) is 0 Å². The molecule has 8 heteroatoms. The highest BCUT2D eigenvalue weighted by Crippen LogP contribution is 2.26. The standard InChI is InChI=1S/C16H15FN4O3/c1-9-12(8-18-14-7-13(16(22)23)21(2)19-14)15(20-24-9)10-3-5-11(17)6-4-10/h3-7H,8H2,1-2H3,(H,18,19)(H,22,23). The molecule has 0 spiro atoms. The van der Waals surface area contributed by atoms with Crippen LogP contribution in [0.3, 0.4) is 0 Å². The lowest BCUT2D eigenvalue weighted by Crippen LogP contribution is -2.05. The molecule has 2 aromatic heterocycles. The molecule has 0 fully saturated rings. The van der Waals surface area contributed by atoms with Crippen LogP contribution in [-0.4, -0.2) is 26.0 Å². The number of aryl methyl sites for hydroxylation is 2. The number of carboxylic acid groups (broad SMARTS) is 1. The summed E-state index contributed by atoms with van der Waals surface area (Å²) >= 11 is 0. The van der Waals surface area contributed by atoms with Crippen molar-refractivity contribution in [2.24, 2.45) is 7.05 Å². The van der Waals surface area contributed by atoms with E-state index in [-0.39, 0.29) is 11.5 Å². The Labute approximate surface area is 136 Å². The van der Waals surface area contributed by atoms with Gasteiger partial charge in [-0.2, -0.15) is 5.10 Å². The lowest BCUT2D eigenvalue weighted by atomic mass is 10.1. The monoisotopic (exact) mass is 330 g/mol. The number of hydrogen-bond acceptors (Lipinski definition) is 5. The summed E-state index contributed by atoms with van der Waals surface area (Å²) in [5.74, 6) is -0.323. The summed E-state index contributed by atoms with van der Waals surface area (Å²) in [6, 6.07) is 7.41. The molecule has 7 nitrogen and oxygen atoms in total. The van der Waals surface area contributed by atoms with E-state index in [9.17, 15) is 9.18 Å². The highest BCUT2D eigenvalue weighted by molar-refractivity contribution is 5.86. The molecule has 0 saturated carbocycles. The SMILES string of the molecule is Cc1onc(-c2ccc(F)cc2)c1CNc1cc(C(=O)O)n(C)n1. The van der Waals surface area contributed by atoms with E-state index in [0.29, 0.717) is 23.8 Å². The molecule has 3 aromatic rings. The normalized spacial score (nSPS) is 10.8. The molecule has 3 rings (SSSR count).